The van der Waals surface area contributed by atoms with Crippen LogP contribution in [0.5, 0.6) is 23.0 Å². The van der Waals surface area contributed by atoms with Crippen LogP contribution in [0.1, 0.15) is 36.5 Å². The number of rotatable bonds is 3. The molecule has 0 bridgehead atoms. The molecule has 1 aliphatic rings. The zero-order valence-corrected chi connectivity index (χ0v) is 14.3. The Labute approximate surface area is 142 Å². The standard InChI is InChI=1S/C20H22O4/c1-5-13-11(2)20(12-6-7-16(21)18(8-12)23-3)15-9-17(22)19(24-4)10-14(13)15/h5-11,20-22H,1-4H3/b13-5+. The van der Waals surface area contributed by atoms with Gasteiger partial charge in [0.15, 0.2) is 23.0 Å². The lowest BCUT2D eigenvalue weighted by Gasteiger charge is -2.19. The molecule has 0 amide bonds. The van der Waals surface area contributed by atoms with E-state index in [0.717, 1.165) is 16.7 Å². The maximum atomic E-state index is 10.2. The number of fused-ring (bicyclic) bond motifs is 1. The summed E-state index contributed by atoms with van der Waals surface area (Å²) in [7, 11) is 3.09. The van der Waals surface area contributed by atoms with E-state index < -0.39 is 0 Å². The summed E-state index contributed by atoms with van der Waals surface area (Å²) in [5.41, 5.74) is 4.42. The third kappa shape index (κ3) is 2.39. The molecule has 0 aliphatic heterocycles. The van der Waals surface area contributed by atoms with Crippen LogP contribution in [0.2, 0.25) is 0 Å². The molecule has 126 valence electrons. The summed E-state index contributed by atoms with van der Waals surface area (Å²) in [6.45, 7) is 4.19. The van der Waals surface area contributed by atoms with Crippen LogP contribution in [0.15, 0.2) is 36.4 Å². The SMILES string of the molecule is C/C=C1/c2cc(OC)c(O)cc2C(c2ccc(O)c(OC)c2)C1C. The Morgan fingerprint density at radius 1 is 0.958 bits per heavy atom. The van der Waals surface area contributed by atoms with Crippen LogP contribution in [-0.4, -0.2) is 24.4 Å². The maximum absolute atomic E-state index is 10.2. The van der Waals surface area contributed by atoms with Gasteiger partial charge in [-0.15, -0.1) is 0 Å². The molecule has 0 spiro atoms. The Hall–Kier alpha value is -2.62. The Kier molecular flexibility index (Phi) is 4.14. The minimum absolute atomic E-state index is 0.0810. The van der Waals surface area contributed by atoms with Crippen LogP contribution in [0, 0.1) is 5.92 Å². The molecule has 3 rings (SSSR count). The van der Waals surface area contributed by atoms with Gasteiger partial charge >= 0.3 is 0 Å². The second kappa shape index (κ2) is 6.11. The molecule has 0 fully saturated rings. The van der Waals surface area contributed by atoms with Crippen LogP contribution in [0.3, 0.4) is 0 Å². The highest BCUT2D eigenvalue weighted by atomic mass is 16.5. The summed E-state index contributed by atoms with van der Waals surface area (Å²) in [5.74, 6) is 1.51. The normalized spacial score (nSPS) is 20.9. The molecule has 2 aromatic carbocycles. The summed E-state index contributed by atoms with van der Waals surface area (Å²) >= 11 is 0. The average molecular weight is 326 g/mol. The van der Waals surface area contributed by atoms with Crippen molar-refractivity contribution in [3.8, 4) is 23.0 Å². The van der Waals surface area contributed by atoms with Gasteiger partial charge in [-0.3, -0.25) is 0 Å². The van der Waals surface area contributed by atoms with E-state index in [4.69, 9.17) is 9.47 Å². The van der Waals surface area contributed by atoms with Gasteiger partial charge in [-0.1, -0.05) is 19.1 Å². The van der Waals surface area contributed by atoms with Gasteiger partial charge in [-0.25, -0.2) is 0 Å². The quantitative estimate of drug-likeness (QED) is 0.883. The second-order valence-corrected chi connectivity index (χ2v) is 6.05. The number of phenols is 2. The van der Waals surface area contributed by atoms with Crippen molar-refractivity contribution in [1.29, 1.82) is 0 Å². The van der Waals surface area contributed by atoms with E-state index in [1.54, 1.807) is 26.4 Å². The lowest BCUT2D eigenvalue weighted by atomic mass is 9.85. The number of hydrogen-bond donors (Lipinski definition) is 2. The molecule has 0 saturated heterocycles. The molecule has 4 heteroatoms. The molecule has 24 heavy (non-hydrogen) atoms. The second-order valence-electron chi connectivity index (χ2n) is 6.05. The Bertz CT molecular complexity index is 808. The van der Waals surface area contributed by atoms with Crippen molar-refractivity contribution < 1.29 is 19.7 Å². The summed E-state index contributed by atoms with van der Waals surface area (Å²) < 4.78 is 10.5. The number of aromatic hydroxyl groups is 2. The van der Waals surface area contributed by atoms with Crippen molar-refractivity contribution >= 4 is 5.57 Å². The Morgan fingerprint density at radius 3 is 2.25 bits per heavy atom. The molecule has 2 unspecified atom stereocenters. The highest BCUT2D eigenvalue weighted by Gasteiger charge is 2.35. The van der Waals surface area contributed by atoms with E-state index >= 15 is 0 Å². The zero-order valence-electron chi connectivity index (χ0n) is 14.3. The predicted octanol–water partition coefficient (Wildman–Crippen LogP) is 4.30. The molecular formula is C20H22O4. The van der Waals surface area contributed by atoms with Crippen LogP contribution >= 0.6 is 0 Å². The van der Waals surface area contributed by atoms with Gasteiger partial charge in [0.2, 0.25) is 0 Å². The molecule has 0 heterocycles. The van der Waals surface area contributed by atoms with Gasteiger partial charge in [0.05, 0.1) is 14.2 Å². The van der Waals surface area contributed by atoms with Crippen LogP contribution < -0.4 is 9.47 Å². The minimum Gasteiger partial charge on any atom is -0.504 e. The summed E-state index contributed by atoms with van der Waals surface area (Å²) in [5, 5.41) is 20.1. The lowest BCUT2D eigenvalue weighted by molar-refractivity contribution is 0.372. The summed E-state index contributed by atoms with van der Waals surface area (Å²) in [6.07, 6.45) is 2.11. The van der Waals surface area contributed by atoms with Crippen LogP contribution in [0.4, 0.5) is 0 Å². The average Bonchev–Trinajstić information content (AvgIpc) is 2.85. The number of methoxy groups -OCH3 is 2. The fourth-order valence-corrected chi connectivity index (χ4v) is 3.72. The zero-order chi connectivity index (χ0) is 17.4. The Morgan fingerprint density at radius 2 is 1.62 bits per heavy atom. The molecule has 4 nitrogen and oxygen atoms in total. The first-order chi connectivity index (χ1) is 11.5. The van der Waals surface area contributed by atoms with Gasteiger partial charge < -0.3 is 19.7 Å². The fraction of sp³-hybridized carbons (Fsp3) is 0.300. The third-order valence-electron chi connectivity index (χ3n) is 4.86. The van der Waals surface area contributed by atoms with Gasteiger partial charge in [0.25, 0.3) is 0 Å². The van der Waals surface area contributed by atoms with E-state index in [-0.39, 0.29) is 23.3 Å². The third-order valence-corrected chi connectivity index (χ3v) is 4.86. The summed E-state index contributed by atoms with van der Waals surface area (Å²) in [4.78, 5) is 0. The number of ether oxygens (including phenoxy) is 2. The molecule has 0 radical (unpaired) electrons. The van der Waals surface area contributed by atoms with Gasteiger partial charge in [-0.05, 0) is 59.4 Å². The smallest absolute Gasteiger partial charge is 0.161 e. The largest absolute Gasteiger partial charge is 0.504 e. The van der Waals surface area contributed by atoms with E-state index in [2.05, 4.69) is 13.0 Å². The highest BCUT2D eigenvalue weighted by Crippen LogP contribution is 2.52. The lowest BCUT2D eigenvalue weighted by Crippen LogP contribution is -2.05. The van der Waals surface area contributed by atoms with Crippen molar-refractivity contribution in [2.75, 3.05) is 14.2 Å². The first kappa shape index (κ1) is 16.2. The van der Waals surface area contributed by atoms with Gasteiger partial charge in [0.1, 0.15) is 0 Å². The molecule has 2 N–H and O–H groups in total. The van der Waals surface area contributed by atoms with Crippen molar-refractivity contribution in [2.45, 2.75) is 19.8 Å². The molecule has 2 aromatic rings. The van der Waals surface area contributed by atoms with Crippen LogP contribution in [0.25, 0.3) is 5.57 Å². The van der Waals surface area contributed by atoms with E-state index in [1.165, 1.54) is 5.57 Å². The molecule has 1 aliphatic carbocycles. The van der Waals surface area contributed by atoms with E-state index in [9.17, 15) is 10.2 Å². The highest BCUT2D eigenvalue weighted by molar-refractivity contribution is 5.79. The topological polar surface area (TPSA) is 58.9 Å². The first-order valence-electron chi connectivity index (χ1n) is 7.96. The molecule has 0 saturated carbocycles. The minimum atomic E-state index is 0.0810. The monoisotopic (exact) mass is 326 g/mol. The first-order valence-corrected chi connectivity index (χ1v) is 7.96. The number of hydrogen-bond acceptors (Lipinski definition) is 4. The number of benzene rings is 2. The maximum Gasteiger partial charge on any atom is 0.161 e. The summed E-state index contributed by atoms with van der Waals surface area (Å²) in [6, 6.07) is 9.10. The van der Waals surface area contributed by atoms with Crippen LogP contribution in [-0.2, 0) is 0 Å². The predicted molar refractivity (Wildman–Crippen MR) is 94.0 cm³/mol. The fourth-order valence-electron chi connectivity index (χ4n) is 3.72. The van der Waals surface area contributed by atoms with Crippen molar-refractivity contribution in [2.24, 2.45) is 5.92 Å². The van der Waals surface area contributed by atoms with Crippen molar-refractivity contribution in [3.63, 3.8) is 0 Å². The van der Waals surface area contributed by atoms with Crippen molar-refractivity contribution in [3.05, 3.63) is 53.1 Å². The molecule has 0 aromatic heterocycles. The van der Waals surface area contributed by atoms with Gasteiger partial charge in [-0.2, -0.15) is 0 Å². The van der Waals surface area contributed by atoms with Crippen molar-refractivity contribution in [1.82, 2.24) is 0 Å². The number of phenolic OH excluding ortho intramolecular Hbond substituents is 2. The van der Waals surface area contributed by atoms with Gasteiger partial charge in [0, 0.05) is 5.92 Å². The number of allylic oxidation sites excluding steroid dienone is 2. The Balaban J connectivity index is 2.19. The van der Waals surface area contributed by atoms with E-state index in [1.807, 2.05) is 25.1 Å². The van der Waals surface area contributed by atoms with E-state index in [0.29, 0.717) is 11.5 Å². The molecule has 2 atom stereocenters. The molecular weight excluding hydrogens is 304 g/mol.